The molecule has 0 spiro atoms. The van der Waals surface area contributed by atoms with E-state index in [2.05, 4.69) is 9.89 Å². The van der Waals surface area contributed by atoms with Crippen LogP contribution in [0.2, 0.25) is 0 Å². The number of esters is 1. The van der Waals surface area contributed by atoms with Crippen LogP contribution >= 0.6 is 22.7 Å². The van der Waals surface area contributed by atoms with Gasteiger partial charge in [-0.15, -0.1) is 11.3 Å². The number of allylic oxidation sites excluding steroid dienone is 1. The average molecular weight is 486 g/mol. The van der Waals surface area contributed by atoms with Crippen molar-refractivity contribution in [2.75, 3.05) is 37.8 Å². The Bertz CT molecular complexity index is 1370. The van der Waals surface area contributed by atoms with E-state index in [1.165, 1.54) is 22.7 Å². The predicted octanol–water partition coefficient (Wildman–Crippen LogP) is 2.29. The first-order valence-electron chi connectivity index (χ1n) is 10.7. The quantitative estimate of drug-likeness (QED) is 0.516. The Labute approximate surface area is 197 Å². The van der Waals surface area contributed by atoms with E-state index in [-0.39, 0.29) is 12.2 Å². The zero-order valence-electron chi connectivity index (χ0n) is 18.3. The molecular weight excluding hydrogens is 462 g/mol. The lowest BCUT2D eigenvalue weighted by Crippen LogP contribution is -2.39. The van der Waals surface area contributed by atoms with Crippen molar-refractivity contribution < 1.29 is 18.7 Å². The second-order valence-corrected chi connectivity index (χ2v) is 9.58. The minimum Gasteiger partial charge on any atom is -0.463 e. The molecule has 1 atom stereocenters. The van der Waals surface area contributed by atoms with Gasteiger partial charge in [-0.05, 0) is 31.4 Å². The SMILES string of the molecule is CCOC(=O)C1=C(C)N=c2sc(=Cc3ccc(N4CCOCC4)o3)c(=O)n2[C@H]1c1cccs1. The van der Waals surface area contributed by atoms with Crippen LogP contribution in [0.4, 0.5) is 5.88 Å². The summed E-state index contributed by atoms with van der Waals surface area (Å²) in [6, 6.07) is 7.03. The molecule has 5 heterocycles. The van der Waals surface area contributed by atoms with E-state index < -0.39 is 12.0 Å². The number of morpholine rings is 1. The molecule has 5 rings (SSSR count). The van der Waals surface area contributed by atoms with Crippen LogP contribution in [0.1, 0.15) is 30.5 Å². The fourth-order valence-corrected chi connectivity index (χ4v) is 5.86. The molecule has 0 bridgehead atoms. The first-order chi connectivity index (χ1) is 16.1. The monoisotopic (exact) mass is 485 g/mol. The van der Waals surface area contributed by atoms with Gasteiger partial charge in [-0.25, -0.2) is 9.79 Å². The van der Waals surface area contributed by atoms with Crippen LogP contribution in [0.15, 0.2) is 55.1 Å². The molecule has 1 saturated heterocycles. The van der Waals surface area contributed by atoms with E-state index in [1.807, 2.05) is 29.6 Å². The lowest BCUT2D eigenvalue weighted by atomic mass is 10.0. The van der Waals surface area contributed by atoms with E-state index in [1.54, 1.807) is 24.5 Å². The molecule has 172 valence electrons. The number of nitrogens with zero attached hydrogens (tertiary/aromatic N) is 3. The van der Waals surface area contributed by atoms with Crippen molar-refractivity contribution in [1.82, 2.24) is 4.57 Å². The Morgan fingerprint density at radius 3 is 2.85 bits per heavy atom. The van der Waals surface area contributed by atoms with Crippen LogP contribution < -0.4 is 19.8 Å². The lowest BCUT2D eigenvalue weighted by Gasteiger charge is -2.26. The molecule has 0 radical (unpaired) electrons. The fourth-order valence-electron chi connectivity index (χ4n) is 4.01. The summed E-state index contributed by atoms with van der Waals surface area (Å²) < 4.78 is 18.8. The van der Waals surface area contributed by atoms with E-state index in [9.17, 15) is 9.59 Å². The average Bonchev–Trinajstić information content (AvgIpc) is 3.56. The normalized spacial score (nSPS) is 18.9. The highest BCUT2D eigenvalue weighted by Gasteiger charge is 2.33. The summed E-state index contributed by atoms with van der Waals surface area (Å²) in [6.07, 6.45) is 1.74. The highest BCUT2D eigenvalue weighted by Crippen LogP contribution is 2.33. The highest BCUT2D eigenvalue weighted by molar-refractivity contribution is 7.10. The van der Waals surface area contributed by atoms with Crippen molar-refractivity contribution in [2.45, 2.75) is 19.9 Å². The van der Waals surface area contributed by atoms with Gasteiger partial charge in [0.2, 0.25) is 0 Å². The van der Waals surface area contributed by atoms with Gasteiger partial charge in [0.05, 0.1) is 35.6 Å². The Balaban J connectivity index is 1.58. The largest absolute Gasteiger partial charge is 0.463 e. The summed E-state index contributed by atoms with van der Waals surface area (Å²) >= 11 is 2.78. The van der Waals surface area contributed by atoms with Crippen molar-refractivity contribution in [3.05, 3.63) is 71.2 Å². The van der Waals surface area contributed by atoms with E-state index >= 15 is 0 Å². The number of furan rings is 1. The standard InChI is InChI=1S/C23H23N3O5S2/c1-3-30-22(28)19-14(2)24-23-26(20(19)16-5-4-12-32-16)21(27)17(33-23)13-15-6-7-18(31-15)25-8-10-29-11-9-25/h4-7,12-13,20H,3,8-11H2,1-2H3/t20-/m0/s1. The van der Waals surface area contributed by atoms with Crippen LogP contribution in [0.3, 0.4) is 0 Å². The third kappa shape index (κ3) is 4.09. The summed E-state index contributed by atoms with van der Waals surface area (Å²) in [6.45, 7) is 6.67. The smallest absolute Gasteiger partial charge is 0.338 e. The Hall–Kier alpha value is -2.95. The maximum absolute atomic E-state index is 13.5. The van der Waals surface area contributed by atoms with E-state index in [0.29, 0.717) is 39.6 Å². The lowest BCUT2D eigenvalue weighted by molar-refractivity contribution is -0.139. The van der Waals surface area contributed by atoms with Gasteiger partial charge in [0, 0.05) is 30.1 Å². The topological polar surface area (TPSA) is 86.3 Å². The molecule has 0 amide bonds. The molecule has 10 heteroatoms. The zero-order valence-corrected chi connectivity index (χ0v) is 19.9. The van der Waals surface area contributed by atoms with E-state index in [4.69, 9.17) is 13.9 Å². The molecule has 0 aliphatic carbocycles. The molecule has 2 aliphatic rings. The van der Waals surface area contributed by atoms with Crippen molar-refractivity contribution in [3.63, 3.8) is 0 Å². The summed E-state index contributed by atoms with van der Waals surface area (Å²) in [7, 11) is 0. The maximum Gasteiger partial charge on any atom is 0.338 e. The number of carbonyl (C=O) groups is 1. The number of ether oxygens (including phenoxy) is 2. The Morgan fingerprint density at radius 2 is 2.12 bits per heavy atom. The van der Waals surface area contributed by atoms with Crippen LogP contribution in [0.25, 0.3) is 6.08 Å². The Morgan fingerprint density at radius 1 is 1.30 bits per heavy atom. The van der Waals surface area contributed by atoms with E-state index in [0.717, 1.165) is 23.9 Å². The minimum atomic E-state index is -0.567. The van der Waals surface area contributed by atoms with Gasteiger partial charge in [0.1, 0.15) is 11.8 Å². The second-order valence-electron chi connectivity index (χ2n) is 7.59. The number of hydrogen-bond acceptors (Lipinski definition) is 9. The van der Waals surface area contributed by atoms with Gasteiger partial charge in [-0.1, -0.05) is 17.4 Å². The Kier molecular flexibility index (Phi) is 6.05. The van der Waals surface area contributed by atoms with Gasteiger partial charge in [0.15, 0.2) is 10.7 Å². The number of thiophene rings is 1. The van der Waals surface area contributed by atoms with Crippen LogP contribution in [0.5, 0.6) is 0 Å². The molecule has 3 aromatic rings. The summed E-state index contributed by atoms with van der Waals surface area (Å²) in [5.41, 5.74) is 0.744. The molecule has 0 N–H and O–H groups in total. The van der Waals surface area contributed by atoms with Crippen LogP contribution in [-0.2, 0) is 14.3 Å². The molecule has 8 nitrogen and oxygen atoms in total. The molecule has 0 aromatic carbocycles. The number of fused-ring (bicyclic) bond motifs is 1. The highest BCUT2D eigenvalue weighted by atomic mass is 32.1. The molecular formula is C23H23N3O5S2. The summed E-state index contributed by atoms with van der Waals surface area (Å²) in [5.74, 6) is 0.901. The van der Waals surface area contributed by atoms with Crippen molar-refractivity contribution in [1.29, 1.82) is 0 Å². The summed E-state index contributed by atoms with van der Waals surface area (Å²) in [4.78, 5) is 34.4. The number of carbonyl (C=O) groups excluding carboxylic acids is 1. The maximum atomic E-state index is 13.5. The van der Waals surface area contributed by atoms with Gasteiger partial charge in [0.25, 0.3) is 5.56 Å². The molecule has 1 fully saturated rings. The number of hydrogen-bond donors (Lipinski definition) is 0. The molecule has 3 aromatic heterocycles. The first kappa shape index (κ1) is 21.9. The number of anilines is 1. The third-order valence-electron chi connectivity index (χ3n) is 5.54. The van der Waals surface area contributed by atoms with Crippen molar-refractivity contribution in [2.24, 2.45) is 4.99 Å². The summed E-state index contributed by atoms with van der Waals surface area (Å²) in [5, 5.41) is 1.93. The van der Waals surface area contributed by atoms with Gasteiger partial charge < -0.3 is 18.8 Å². The minimum absolute atomic E-state index is 0.212. The molecule has 2 aliphatic heterocycles. The second kappa shape index (κ2) is 9.12. The number of thiazole rings is 1. The molecule has 33 heavy (non-hydrogen) atoms. The van der Waals surface area contributed by atoms with Crippen molar-refractivity contribution >= 4 is 40.6 Å². The van der Waals surface area contributed by atoms with Crippen LogP contribution in [0, 0.1) is 0 Å². The fraction of sp³-hybridized carbons (Fsp3) is 0.348. The third-order valence-corrected chi connectivity index (χ3v) is 7.45. The first-order valence-corrected chi connectivity index (χ1v) is 12.4. The number of aromatic nitrogens is 1. The van der Waals surface area contributed by atoms with Crippen molar-refractivity contribution in [3.8, 4) is 0 Å². The molecule has 0 unspecified atom stereocenters. The predicted molar refractivity (Wildman–Crippen MR) is 126 cm³/mol. The van der Waals surface area contributed by atoms with Gasteiger partial charge >= 0.3 is 5.97 Å². The van der Waals surface area contributed by atoms with Gasteiger partial charge in [-0.2, -0.15) is 0 Å². The zero-order chi connectivity index (χ0) is 22.9. The van der Waals surface area contributed by atoms with Gasteiger partial charge in [-0.3, -0.25) is 9.36 Å². The molecule has 0 saturated carbocycles. The van der Waals surface area contributed by atoms with Crippen LogP contribution in [-0.4, -0.2) is 43.4 Å². The number of rotatable bonds is 5.